The average Bonchev–Trinajstić information content (AvgIpc) is 2.41. The van der Waals surface area contributed by atoms with Crippen LogP contribution in [-0.4, -0.2) is 16.5 Å². The van der Waals surface area contributed by atoms with Crippen LogP contribution in [0.3, 0.4) is 0 Å². The summed E-state index contributed by atoms with van der Waals surface area (Å²) in [7, 11) is 0. The molecule has 1 aromatic carbocycles. The first kappa shape index (κ1) is 13.7. The normalized spacial score (nSPS) is 10.5. The predicted molar refractivity (Wildman–Crippen MR) is 75.0 cm³/mol. The molecule has 1 heterocycles. The van der Waals surface area contributed by atoms with Crippen molar-refractivity contribution in [1.29, 1.82) is 0 Å². The fourth-order valence-corrected chi connectivity index (χ4v) is 1.92. The van der Waals surface area contributed by atoms with Gasteiger partial charge >= 0.3 is 0 Å². The second kappa shape index (κ2) is 6.48. The van der Waals surface area contributed by atoms with Crippen LogP contribution in [-0.2, 0) is 6.42 Å². The summed E-state index contributed by atoms with van der Waals surface area (Å²) >= 11 is 5.99. The molecular weight excluding hydrogens is 265 g/mol. The van der Waals surface area contributed by atoms with Gasteiger partial charge in [-0.25, -0.2) is 14.4 Å². The Morgan fingerprint density at radius 1 is 1.32 bits per heavy atom. The van der Waals surface area contributed by atoms with Gasteiger partial charge in [-0.05, 0) is 24.6 Å². The molecule has 19 heavy (non-hydrogen) atoms. The number of nitrogens with one attached hydrogen (secondary N) is 1. The van der Waals surface area contributed by atoms with E-state index in [0.717, 1.165) is 18.8 Å². The smallest absolute Gasteiger partial charge is 0.135 e. The van der Waals surface area contributed by atoms with Gasteiger partial charge in [0.15, 0.2) is 0 Å². The summed E-state index contributed by atoms with van der Waals surface area (Å²) in [6.45, 7) is 2.92. The standard InChI is InChI=1S/C14H15ClFN3/c1-2-7-17-13-6-8-18-14(19-13)9-10-11(15)4-3-5-12(10)16/h3-6,8H,2,7,9H2,1H3,(H,17,18,19). The van der Waals surface area contributed by atoms with Crippen molar-refractivity contribution < 1.29 is 4.39 Å². The van der Waals surface area contributed by atoms with Crippen molar-refractivity contribution in [1.82, 2.24) is 9.97 Å². The maximum absolute atomic E-state index is 13.7. The average molecular weight is 280 g/mol. The van der Waals surface area contributed by atoms with Crippen LogP contribution in [0.4, 0.5) is 10.2 Å². The zero-order valence-corrected chi connectivity index (χ0v) is 11.4. The number of benzene rings is 1. The zero-order valence-electron chi connectivity index (χ0n) is 10.7. The lowest BCUT2D eigenvalue weighted by Gasteiger charge is -2.07. The number of hydrogen-bond acceptors (Lipinski definition) is 3. The quantitative estimate of drug-likeness (QED) is 0.907. The second-order valence-corrected chi connectivity index (χ2v) is 4.57. The molecule has 100 valence electrons. The second-order valence-electron chi connectivity index (χ2n) is 4.16. The molecule has 5 heteroatoms. The van der Waals surface area contributed by atoms with E-state index in [4.69, 9.17) is 11.6 Å². The Morgan fingerprint density at radius 3 is 2.89 bits per heavy atom. The Labute approximate surface area is 116 Å². The fraction of sp³-hybridized carbons (Fsp3) is 0.286. The van der Waals surface area contributed by atoms with E-state index in [1.165, 1.54) is 6.07 Å². The molecule has 0 atom stereocenters. The minimum Gasteiger partial charge on any atom is -0.370 e. The van der Waals surface area contributed by atoms with E-state index in [1.54, 1.807) is 24.4 Å². The van der Waals surface area contributed by atoms with Crippen LogP contribution in [0.5, 0.6) is 0 Å². The molecule has 0 unspecified atom stereocenters. The Morgan fingerprint density at radius 2 is 2.16 bits per heavy atom. The largest absolute Gasteiger partial charge is 0.370 e. The van der Waals surface area contributed by atoms with Gasteiger partial charge in [0, 0.05) is 29.7 Å². The highest BCUT2D eigenvalue weighted by Gasteiger charge is 2.09. The molecule has 2 aromatic rings. The van der Waals surface area contributed by atoms with E-state index < -0.39 is 0 Å². The molecule has 0 fully saturated rings. The number of hydrogen-bond donors (Lipinski definition) is 1. The third-order valence-electron chi connectivity index (χ3n) is 2.66. The van der Waals surface area contributed by atoms with Gasteiger partial charge < -0.3 is 5.32 Å². The molecule has 0 amide bonds. The highest BCUT2D eigenvalue weighted by Crippen LogP contribution is 2.21. The van der Waals surface area contributed by atoms with Gasteiger partial charge in [-0.2, -0.15) is 0 Å². The van der Waals surface area contributed by atoms with Gasteiger partial charge in [0.25, 0.3) is 0 Å². The van der Waals surface area contributed by atoms with E-state index in [2.05, 4.69) is 22.2 Å². The van der Waals surface area contributed by atoms with Gasteiger partial charge in [-0.1, -0.05) is 24.6 Å². The van der Waals surface area contributed by atoms with E-state index in [1.807, 2.05) is 0 Å². The third-order valence-corrected chi connectivity index (χ3v) is 3.01. The summed E-state index contributed by atoms with van der Waals surface area (Å²) in [5, 5.41) is 3.57. The van der Waals surface area contributed by atoms with Gasteiger partial charge in [-0.15, -0.1) is 0 Å². The summed E-state index contributed by atoms with van der Waals surface area (Å²) in [4.78, 5) is 8.49. The first-order valence-electron chi connectivity index (χ1n) is 6.19. The van der Waals surface area contributed by atoms with Crippen molar-refractivity contribution >= 4 is 17.4 Å². The van der Waals surface area contributed by atoms with E-state index in [0.29, 0.717) is 16.4 Å². The van der Waals surface area contributed by atoms with Gasteiger partial charge in [0.2, 0.25) is 0 Å². The Kier molecular flexibility index (Phi) is 4.68. The predicted octanol–water partition coefficient (Wildman–Crippen LogP) is 3.68. The maximum Gasteiger partial charge on any atom is 0.135 e. The summed E-state index contributed by atoms with van der Waals surface area (Å²) in [6.07, 6.45) is 2.96. The van der Waals surface area contributed by atoms with Crippen LogP contribution in [0.1, 0.15) is 24.7 Å². The van der Waals surface area contributed by atoms with Crippen LogP contribution in [0.25, 0.3) is 0 Å². The van der Waals surface area contributed by atoms with Crippen molar-refractivity contribution in [2.45, 2.75) is 19.8 Å². The van der Waals surface area contributed by atoms with Crippen molar-refractivity contribution in [2.75, 3.05) is 11.9 Å². The highest BCUT2D eigenvalue weighted by atomic mass is 35.5. The van der Waals surface area contributed by atoms with E-state index in [9.17, 15) is 4.39 Å². The lowest BCUT2D eigenvalue weighted by atomic mass is 10.1. The molecule has 0 aliphatic carbocycles. The van der Waals surface area contributed by atoms with E-state index >= 15 is 0 Å². The molecule has 0 saturated heterocycles. The molecule has 0 aliphatic heterocycles. The number of aromatic nitrogens is 2. The topological polar surface area (TPSA) is 37.8 Å². The van der Waals surface area contributed by atoms with E-state index in [-0.39, 0.29) is 12.2 Å². The number of nitrogens with zero attached hydrogens (tertiary/aromatic N) is 2. The van der Waals surface area contributed by atoms with Gasteiger partial charge in [-0.3, -0.25) is 0 Å². The van der Waals surface area contributed by atoms with Crippen LogP contribution in [0, 0.1) is 5.82 Å². The Balaban J connectivity index is 2.19. The molecule has 0 aliphatic rings. The summed E-state index contributed by atoms with van der Waals surface area (Å²) in [5.74, 6) is 0.968. The summed E-state index contributed by atoms with van der Waals surface area (Å²) in [5.41, 5.74) is 0.428. The monoisotopic (exact) mass is 279 g/mol. The van der Waals surface area contributed by atoms with Crippen LogP contribution >= 0.6 is 11.6 Å². The SMILES string of the molecule is CCCNc1ccnc(Cc2c(F)cccc2Cl)n1. The maximum atomic E-state index is 13.7. The zero-order chi connectivity index (χ0) is 13.7. The van der Waals surface area contributed by atoms with Crippen LogP contribution in [0.15, 0.2) is 30.5 Å². The minimum atomic E-state index is -0.331. The lowest BCUT2D eigenvalue weighted by Crippen LogP contribution is -2.05. The minimum absolute atomic E-state index is 0.285. The summed E-state index contributed by atoms with van der Waals surface area (Å²) < 4.78 is 13.7. The third kappa shape index (κ3) is 3.64. The molecule has 0 radical (unpaired) electrons. The number of anilines is 1. The summed E-state index contributed by atoms with van der Waals surface area (Å²) in [6, 6.07) is 6.43. The molecule has 3 nitrogen and oxygen atoms in total. The fourth-order valence-electron chi connectivity index (χ4n) is 1.70. The van der Waals surface area contributed by atoms with Gasteiger partial charge in [0.1, 0.15) is 17.5 Å². The Hall–Kier alpha value is -1.68. The van der Waals surface area contributed by atoms with Crippen molar-refractivity contribution in [3.05, 3.63) is 52.7 Å². The molecule has 1 aromatic heterocycles. The van der Waals surface area contributed by atoms with Crippen molar-refractivity contribution in [2.24, 2.45) is 0 Å². The first-order chi connectivity index (χ1) is 9.20. The van der Waals surface area contributed by atoms with Crippen molar-refractivity contribution in [3.8, 4) is 0 Å². The van der Waals surface area contributed by atoms with Gasteiger partial charge in [0.05, 0.1) is 0 Å². The van der Waals surface area contributed by atoms with Crippen molar-refractivity contribution in [3.63, 3.8) is 0 Å². The highest BCUT2D eigenvalue weighted by molar-refractivity contribution is 6.31. The lowest BCUT2D eigenvalue weighted by molar-refractivity contribution is 0.612. The van der Waals surface area contributed by atoms with Crippen LogP contribution < -0.4 is 5.32 Å². The van der Waals surface area contributed by atoms with Crippen LogP contribution in [0.2, 0.25) is 5.02 Å². The molecule has 0 saturated carbocycles. The Bertz CT molecular complexity index is 540. The molecule has 0 spiro atoms. The first-order valence-corrected chi connectivity index (χ1v) is 6.57. The molecule has 0 bridgehead atoms. The molecular formula is C14H15ClFN3. The number of rotatable bonds is 5. The number of halogens is 2. The molecule has 2 rings (SSSR count). The molecule has 1 N–H and O–H groups in total.